The molecule has 4 aliphatic rings. The Morgan fingerprint density at radius 1 is 0.596 bits per heavy atom. The number of ether oxygens (including phenoxy) is 5. The second kappa shape index (κ2) is 16.8. The highest BCUT2D eigenvalue weighted by atomic mass is 19.1. The average molecular weight is 651 g/mol. The molecule has 0 spiro atoms. The Bertz CT molecular complexity index is 1200. The van der Waals surface area contributed by atoms with Crippen LogP contribution in [-0.2, 0) is 36.5 Å². The van der Waals surface area contributed by atoms with Gasteiger partial charge in [0.2, 0.25) is 0 Å². The minimum absolute atomic E-state index is 0.123. The normalized spacial score (nSPS) is 31.7. The number of halogens is 2. The van der Waals surface area contributed by atoms with Gasteiger partial charge in [0.05, 0.1) is 39.6 Å². The molecule has 2 aliphatic carbocycles. The van der Waals surface area contributed by atoms with Gasteiger partial charge in [-0.05, 0) is 110 Å². The third-order valence-electron chi connectivity index (χ3n) is 11.0. The zero-order valence-electron chi connectivity index (χ0n) is 27.8. The first-order chi connectivity index (χ1) is 23.0. The fourth-order valence-electron chi connectivity index (χ4n) is 7.84. The molecule has 0 radical (unpaired) electrons. The van der Waals surface area contributed by atoms with Gasteiger partial charge in [-0.15, -0.1) is 13.2 Å². The lowest BCUT2D eigenvalue weighted by molar-refractivity contribution is -0.222. The largest absolute Gasteiger partial charge is 0.381 e. The van der Waals surface area contributed by atoms with Crippen molar-refractivity contribution in [1.29, 1.82) is 0 Å². The van der Waals surface area contributed by atoms with Crippen molar-refractivity contribution in [2.24, 2.45) is 23.7 Å². The number of rotatable bonds is 12. The van der Waals surface area contributed by atoms with Gasteiger partial charge in [-0.2, -0.15) is 0 Å². The maximum Gasteiger partial charge on any atom is 0.160 e. The molecular formula is C40H52F2O5. The molecule has 256 valence electrons. The first-order valence-electron chi connectivity index (χ1n) is 17.9. The van der Waals surface area contributed by atoms with Crippen LogP contribution in [-0.4, -0.2) is 52.2 Å². The Balaban J connectivity index is 0.883. The van der Waals surface area contributed by atoms with Crippen molar-refractivity contribution in [3.05, 3.63) is 95.6 Å². The van der Waals surface area contributed by atoms with Gasteiger partial charge < -0.3 is 23.7 Å². The topological polar surface area (TPSA) is 46.2 Å². The van der Waals surface area contributed by atoms with Gasteiger partial charge in [0.25, 0.3) is 0 Å². The molecule has 2 aliphatic heterocycles. The summed E-state index contributed by atoms with van der Waals surface area (Å²) in [6.45, 7) is 11.2. The van der Waals surface area contributed by atoms with Gasteiger partial charge in [0, 0.05) is 23.7 Å². The van der Waals surface area contributed by atoms with Crippen LogP contribution in [0.15, 0.2) is 61.7 Å². The van der Waals surface area contributed by atoms with Crippen molar-refractivity contribution in [1.82, 2.24) is 0 Å². The van der Waals surface area contributed by atoms with E-state index >= 15 is 8.78 Å². The van der Waals surface area contributed by atoms with Crippen molar-refractivity contribution in [3.63, 3.8) is 0 Å². The lowest BCUT2D eigenvalue weighted by Crippen LogP contribution is -2.37. The van der Waals surface area contributed by atoms with Gasteiger partial charge >= 0.3 is 0 Å². The first kappa shape index (κ1) is 34.4. The monoisotopic (exact) mass is 650 g/mol. The van der Waals surface area contributed by atoms with Crippen molar-refractivity contribution in [3.8, 4) is 0 Å². The van der Waals surface area contributed by atoms with E-state index in [9.17, 15) is 0 Å². The quantitative estimate of drug-likeness (QED) is 0.170. The van der Waals surface area contributed by atoms with Crippen molar-refractivity contribution in [2.75, 3.05) is 39.6 Å². The molecule has 2 aromatic rings. The Labute approximate surface area is 279 Å². The molecule has 0 atom stereocenters. The molecule has 0 unspecified atom stereocenters. The smallest absolute Gasteiger partial charge is 0.160 e. The molecule has 7 heteroatoms. The fourth-order valence-corrected chi connectivity index (χ4v) is 7.84. The van der Waals surface area contributed by atoms with E-state index in [4.69, 9.17) is 23.7 Å². The number of hydrogen-bond donors (Lipinski definition) is 0. The van der Waals surface area contributed by atoms with Crippen LogP contribution in [0.1, 0.15) is 85.5 Å². The average Bonchev–Trinajstić information content (AvgIpc) is 3.13. The van der Waals surface area contributed by atoms with E-state index in [0.29, 0.717) is 87.3 Å². The van der Waals surface area contributed by atoms with Gasteiger partial charge in [0.1, 0.15) is 11.6 Å². The molecule has 5 nitrogen and oxygen atoms in total. The molecule has 2 heterocycles. The summed E-state index contributed by atoms with van der Waals surface area (Å²) in [5.41, 5.74) is 3.47. The molecule has 0 N–H and O–H groups in total. The van der Waals surface area contributed by atoms with Crippen molar-refractivity contribution in [2.45, 2.75) is 88.6 Å². The van der Waals surface area contributed by atoms with E-state index < -0.39 is 0 Å². The highest BCUT2D eigenvalue weighted by Crippen LogP contribution is 2.40. The molecule has 4 fully saturated rings. The van der Waals surface area contributed by atoms with Crippen LogP contribution in [0.5, 0.6) is 0 Å². The van der Waals surface area contributed by atoms with Crippen LogP contribution >= 0.6 is 0 Å². The molecule has 6 rings (SSSR count). The van der Waals surface area contributed by atoms with E-state index in [1.807, 2.05) is 24.3 Å². The molecule has 2 saturated carbocycles. The summed E-state index contributed by atoms with van der Waals surface area (Å²) in [6, 6.07) is 11.4. The minimum Gasteiger partial charge on any atom is -0.381 e. The summed E-state index contributed by atoms with van der Waals surface area (Å²) in [6.07, 6.45) is 12.7. The molecule has 2 aromatic carbocycles. The summed E-state index contributed by atoms with van der Waals surface area (Å²) in [5, 5.41) is 0. The van der Waals surface area contributed by atoms with Crippen LogP contribution in [0.3, 0.4) is 0 Å². The standard InChI is InChI=1S/C40H52F2O5/c1-3-27-23-44-39(45-24-27)33-11-5-29(6-12-33)35-15-9-31(37(41)21-35)17-19-43-20-18-32-10-16-36(22-38(32)42)30-7-13-34(14-8-30)40-46-25-28(4-2)26-47-40/h3-4,9-10,15-16,21-22,27-30,33-34,39-40H,1-2,5-8,11-14,17-20,23-26H2. The second-order valence-corrected chi connectivity index (χ2v) is 14.1. The van der Waals surface area contributed by atoms with Gasteiger partial charge in [0.15, 0.2) is 12.6 Å². The predicted molar refractivity (Wildman–Crippen MR) is 179 cm³/mol. The zero-order chi connectivity index (χ0) is 32.6. The summed E-state index contributed by atoms with van der Waals surface area (Å²) < 4.78 is 59.7. The Morgan fingerprint density at radius 2 is 0.979 bits per heavy atom. The SMILES string of the molecule is C=CC1COC(C2CCC(c3ccc(CCOCCc4ccc(C5CCC(C6OCC(C=C)CO6)CC5)cc4F)c(F)c3)CC2)OC1. The van der Waals surface area contributed by atoms with Gasteiger partial charge in [-0.3, -0.25) is 0 Å². The summed E-state index contributed by atoms with van der Waals surface area (Å²) in [5.74, 6) is 1.75. The van der Waals surface area contributed by atoms with Crippen LogP contribution in [0.2, 0.25) is 0 Å². The van der Waals surface area contributed by atoms with Crippen molar-refractivity contribution < 1.29 is 32.5 Å². The Morgan fingerprint density at radius 3 is 1.32 bits per heavy atom. The molecule has 0 amide bonds. The Hall–Kier alpha value is -2.42. The molecule has 2 saturated heterocycles. The second-order valence-electron chi connectivity index (χ2n) is 14.1. The van der Waals surface area contributed by atoms with Crippen LogP contribution in [0, 0.1) is 35.3 Å². The molecule has 0 aromatic heterocycles. The van der Waals surface area contributed by atoms with Crippen molar-refractivity contribution >= 4 is 0 Å². The van der Waals surface area contributed by atoms with E-state index in [1.165, 1.54) is 0 Å². The predicted octanol–water partition coefficient (Wildman–Crippen LogP) is 8.66. The third kappa shape index (κ3) is 8.98. The maximum atomic E-state index is 15.0. The fraction of sp³-hybridized carbons (Fsp3) is 0.600. The van der Waals surface area contributed by atoms with E-state index in [2.05, 4.69) is 25.3 Å². The van der Waals surface area contributed by atoms with E-state index in [1.54, 1.807) is 12.1 Å². The van der Waals surface area contributed by atoms with E-state index in [0.717, 1.165) is 62.5 Å². The highest BCUT2D eigenvalue weighted by Gasteiger charge is 2.34. The summed E-state index contributed by atoms with van der Waals surface area (Å²) in [4.78, 5) is 0. The summed E-state index contributed by atoms with van der Waals surface area (Å²) in [7, 11) is 0. The lowest BCUT2D eigenvalue weighted by atomic mass is 9.78. The van der Waals surface area contributed by atoms with Crippen LogP contribution in [0.4, 0.5) is 8.78 Å². The van der Waals surface area contributed by atoms with Crippen LogP contribution in [0.25, 0.3) is 0 Å². The molecule has 0 bridgehead atoms. The van der Waals surface area contributed by atoms with Crippen LogP contribution < -0.4 is 0 Å². The minimum atomic E-state index is -0.168. The first-order valence-corrected chi connectivity index (χ1v) is 17.9. The zero-order valence-corrected chi connectivity index (χ0v) is 27.8. The number of hydrogen-bond acceptors (Lipinski definition) is 5. The van der Waals surface area contributed by atoms with Gasteiger partial charge in [-0.25, -0.2) is 8.78 Å². The highest BCUT2D eigenvalue weighted by molar-refractivity contribution is 5.29. The Kier molecular flexibility index (Phi) is 12.3. The van der Waals surface area contributed by atoms with E-state index in [-0.39, 0.29) is 36.1 Å². The third-order valence-corrected chi connectivity index (χ3v) is 11.0. The molecule has 47 heavy (non-hydrogen) atoms. The van der Waals surface area contributed by atoms with Gasteiger partial charge in [-0.1, -0.05) is 36.4 Å². The molecular weight excluding hydrogens is 598 g/mol. The summed E-state index contributed by atoms with van der Waals surface area (Å²) >= 11 is 0. The number of benzene rings is 2. The maximum absolute atomic E-state index is 15.0. The lowest BCUT2D eigenvalue weighted by Gasteiger charge is -2.37.